The molecule has 1 unspecified atom stereocenters. The maximum absolute atomic E-state index is 9.25. The van der Waals surface area contributed by atoms with Crippen molar-refractivity contribution in [2.75, 3.05) is 13.2 Å². The Morgan fingerprint density at radius 2 is 2.29 bits per heavy atom. The molecule has 0 saturated heterocycles. The van der Waals surface area contributed by atoms with Crippen LogP contribution in [0.25, 0.3) is 4.96 Å². The molecule has 1 atom stereocenters. The Hall–Kier alpha value is -0.950. The quantitative estimate of drug-likeness (QED) is 0.726. The summed E-state index contributed by atoms with van der Waals surface area (Å²) in [6.07, 6.45) is -0.706. The molecule has 5 nitrogen and oxygen atoms in total. The summed E-state index contributed by atoms with van der Waals surface area (Å²) < 4.78 is 2.12. The van der Waals surface area contributed by atoms with Crippen molar-refractivity contribution in [2.24, 2.45) is 0 Å². The zero-order valence-corrected chi connectivity index (χ0v) is 10.8. The number of aryl methyl sites for hydroxylation is 2. The topological polar surface area (TPSA) is 69.8 Å². The van der Waals surface area contributed by atoms with Crippen molar-refractivity contribution in [2.45, 2.75) is 26.5 Å². The Bertz CT molecular complexity index is 506. The van der Waals surface area contributed by atoms with Gasteiger partial charge in [0.15, 0.2) is 4.96 Å². The van der Waals surface area contributed by atoms with E-state index < -0.39 is 6.10 Å². The second kappa shape index (κ2) is 5.14. The smallest absolute Gasteiger partial charge is 0.194 e. The third kappa shape index (κ3) is 2.50. The van der Waals surface area contributed by atoms with E-state index in [-0.39, 0.29) is 6.61 Å². The lowest BCUT2D eigenvalue weighted by atomic mass is 10.3. The highest BCUT2D eigenvalue weighted by Gasteiger charge is 2.12. The van der Waals surface area contributed by atoms with Gasteiger partial charge in [0.05, 0.1) is 24.1 Å². The van der Waals surface area contributed by atoms with Crippen molar-refractivity contribution in [3.63, 3.8) is 0 Å². The van der Waals surface area contributed by atoms with Crippen LogP contribution in [0.3, 0.4) is 0 Å². The second-order valence-electron chi connectivity index (χ2n) is 4.11. The number of rotatable bonds is 5. The van der Waals surface area contributed by atoms with Crippen LogP contribution < -0.4 is 5.32 Å². The van der Waals surface area contributed by atoms with Crippen LogP contribution in [0.2, 0.25) is 0 Å². The lowest BCUT2D eigenvalue weighted by Crippen LogP contribution is -2.29. The van der Waals surface area contributed by atoms with Crippen LogP contribution in [-0.2, 0) is 6.54 Å². The Balaban J connectivity index is 2.12. The number of fused-ring (bicyclic) bond motifs is 1. The van der Waals surface area contributed by atoms with E-state index in [2.05, 4.69) is 27.0 Å². The number of aliphatic hydroxyl groups is 2. The maximum Gasteiger partial charge on any atom is 0.194 e. The standard InChI is InChI=1S/C11H17N3O2S/c1-7-6-17-11-13-8(2)10(14(7)11)4-12-3-9(16)5-15/h6,9,12,15-16H,3-5H2,1-2H3. The number of hydrogen-bond acceptors (Lipinski definition) is 5. The van der Waals surface area contributed by atoms with E-state index in [1.807, 2.05) is 6.92 Å². The average molecular weight is 255 g/mol. The SMILES string of the molecule is Cc1nc2scc(C)n2c1CNCC(O)CO. The van der Waals surface area contributed by atoms with E-state index in [9.17, 15) is 5.11 Å². The highest BCUT2D eigenvalue weighted by atomic mass is 32.1. The fraction of sp³-hybridized carbons (Fsp3) is 0.545. The predicted molar refractivity (Wildman–Crippen MR) is 67.3 cm³/mol. The minimum absolute atomic E-state index is 0.217. The predicted octanol–water partition coefficient (Wildman–Crippen LogP) is 0.455. The molecular formula is C11H17N3O2S. The molecule has 0 saturated carbocycles. The number of imidazole rings is 1. The first-order valence-electron chi connectivity index (χ1n) is 5.55. The van der Waals surface area contributed by atoms with Crippen molar-refractivity contribution in [1.82, 2.24) is 14.7 Å². The van der Waals surface area contributed by atoms with Crippen LogP contribution in [0.5, 0.6) is 0 Å². The molecule has 94 valence electrons. The molecule has 0 aliphatic heterocycles. The molecule has 3 N–H and O–H groups in total. The summed E-state index contributed by atoms with van der Waals surface area (Å²) in [5.41, 5.74) is 3.29. The minimum atomic E-state index is -0.706. The molecule has 2 rings (SSSR count). The van der Waals surface area contributed by atoms with Crippen molar-refractivity contribution in [1.29, 1.82) is 0 Å². The van der Waals surface area contributed by atoms with Gasteiger partial charge in [-0.15, -0.1) is 11.3 Å². The Labute approximate surface area is 104 Å². The molecule has 6 heteroatoms. The summed E-state index contributed by atoms with van der Waals surface area (Å²) in [5.74, 6) is 0. The van der Waals surface area contributed by atoms with E-state index in [1.54, 1.807) is 11.3 Å². The summed E-state index contributed by atoms with van der Waals surface area (Å²) in [6, 6.07) is 0. The number of aliphatic hydroxyl groups excluding tert-OH is 2. The molecule has 0 aromatic carbocycles. The maximum atomic E-state index is 9.25. The number of aromatic nitrogens is 2. The summed E-state index contributed by atoms with van der Waals surface area (Å²) >= 11 is 1.63. The Kier molecular flexibility index (Phi) is 3.78. The molecule has 0 aliphatic carbocycles. The van der Waals surface area contributed by atoms with Gasteiger partial charge >= 0.3 is 0 Å². The molecule has 17 heavy (non-hydrogen) atoms. The molecule has 0 radical (unpaired) electrons. The van der Waals surface area contributed by atoms with Crippen LogP contribution >= 0.6 is 11.3 Å². The number of nitrogens with zero attached hydrogens (tertiary/aromatic N) is 2. The van der Waals surface area contributed by atoms with Crippen LogP contribution in [0.1, 0.15) is 17.1 Å². The molecule has 0 aliphatic rings. The molecule has 0 spiro atoms. The second-order valence-corrected chi connectivity index (χ2v) is 4.94. The van der Waals surface area contributed by atoms with Crippen LogP contribution in [0, 0.1) is 13.8 Å². The van der Waals surface area contributed by atoms with Gasteiger partial charge in [0, 0.05) is 24.2 Å². The van der Waals surface area contributed by atoms with Crippen molar-refractivity contribution >= 4 is 16.3 Å². The number of nitrogens with one attached hydrogen (secondary N) is 1. The molecule has 2 heterocycles. The third-order valence-corrected chi connectivity index (χ3v) is 3.66. The van der Waals surface area contributed by atoms with Gasteiger partial charge in [0.25, 0.3) is 0 Å². The number of hydrogen-bond donors (Lipinski definition) is 3. The highest BCUT2D eigenvalue weighted by molar-refractivity contribution is 7.15. The van der Waals surface area contributed by atoms with E-state index in [0.29, 0.717) is 13.1 Å². The lowest BCUT2D eigenvalue weighted by Gasteiger charge is -2.09. The van der Waals surface area contributed by atoms with Gasteiger partial charge in [-0.1, -0.05) is 0 Å². The Morgan fingerprint density at radius 3 is 3.00 bits per heavy atom. The van der Waals surface area contributed by atoms with E-state index in [4.69, 9.17) is 5.11 Å². The van der Waals surface area contributed by atoms with Crippen molar-refractivity contribution in [3.05, 3.63) is 22.5 Å². The summed E-state index contributed by atoms with van der Waals surface area (Å²) in [4.78, 5) is 5.48. The first kappa shape index (κ1) is 12.5. The van der Waals surface area contributed by atoms with E-state index >= 15 is 0 Å². The molecule has 0 amide bonds. The van der Waals surface area contributed by atoms with Gasteiger partial charge in [-0.2, -0.15) is 0 Å². The first-order chi connectivity index (χ1) is 8.13. The monoisotopic (exact) mass is 255 g/mol. The zero-order chi connectivity index (χ0) is 12.4. The molecule has 0 bridgehead atoms. The van der Waals surface area contributed by atoms with Crippen LogP contribution in [0.4, 0.5) is 0 Å². The van der Waals surface area contributed by atoms with Gasteiger partial charge in [-0.05, 0) is 13.8 Å². The fourth-order valence-electron chi connectivity index (χ4n) is 1.80. The minimum Gasteiger partial charge on any atom is -0.394 e. The normalized spacial score (nSPS) is 13.4. The number of thiazole rings is 1. The van der Waals surface area contributed by atoms with Crippen molar-refractivity contribution < 1.29 is 10.2 Å². The van der Waals surface area contributed by atoms with Gasteiger partial charge in [0.1, 0.15) is 0 Å². The van der Waals surface area contributed by atoms with Gasteiger partial charge < -0.3 is 15.5 Å². The summed E-state index contributed by atoms with van der Waals surface area (Å²) in [5, 5.41) is 23.2. The average Bonchev–Trinajstić information content (AvgIpc) is 2.80. The molecule has 2 aromatic heterocycles. The molecule has 0 fully saturated rings. The van der Waals surface area contributed by atoms with Gasteiger partial charge in [0.2, 0.25) is 0 Å². The first-order valence-corrected chi connectivity index (χ1v) is 6.43. The zero-order valence-electron chi connectivity index (χ0n) is 9.97. The lowest BCUT2D eigenvalue weighted by molar-refractivity contribution is 0.0941. The van der Waals surface area contributed by atoms with E-state index in [1.165, 1.54) is 5.69 Å². The van der Waals surface area contributed by atoms with Crippen LogP contribution in [-0.4, -0.2) is 38.9 Å². The molecule has 2 aromatic rings. The third-order valence-electron chi connectivity index (χ3n) is 2.71. The van der Waals surface area contributed by atoms with Crippen molar-refractivity contribution in [3.8, 4) is 0 Å². The molecular weight excluding hydrogens is 238 g/mol. The van der Waals surface area contributed by atoms with Gasteiger partial charge in [-0.25, -0.2) is 4.98 Å². The largest absolute Gasteiger partial charge is 0.394 e. The Morgan fingerprint density at radius 1 is 1.53 bits per heavy atom. The highest BCUT2D eigenvalue weighted by Crippen LogP contribution is 2.20. The van der Waals surface area contributed by atoms with Gasteiger partial charge in [-0.3, -0.25) is 4.40 Å². The fourth-order valence-corrected chi connectivity index (χ4v) is 2.73. The van der Waals surface area contributed by atoms with Crippen LogP contribution in [0.15, 0.2) is 5.38 Å². The summed E-state index contributed by atoms with van der Waals surface area (Å²) in [6.45, 7) is 4.84. The summed E-state index contributed by atoms with van der Waals surface area (Å²) in [7, 11) is 0. The van der Waals surface area contributed by atoms with E-state index in [0.717, 1.165) is 16.3 Å².